The van der Waals surface area contributed by atoms with Crippen molar-refractivity contribution in [1.82, 2.24) is 0 Å². The highest BCUT2D eigenvalue weighted by molar-refractivity contribution is 5.92. The minimum Gasteiger partial charge on any atom is -0.376 e. The molecule has 0 aromatic heterocycles. The third kappa shape index (κ3) is 2.59. The lowest BCUT2D eigenvalue weighted by Gasteiger charge is -2.39. The monoisotopic (exact) mass is 199 g/mol. The van der Waals surface area contributed by atoms with E-state index >= 15 is 0 Å². The van der Waals surface area contributed by atoms with Crippen molar-refractivity contribution in [1.29, 1.82) is 0 Å². The van der Waals surface area contributed by atoms with E-state index in [-0.39, 0.29) is 17.5 Å². The summed E-state index contributed by atoms with van der Waals surface area (Å²) in [6.07, 6.45) is 3.20. The fourth-order valence-electron chi connectivity index (χ4n) is 1.39. The molecule has 1 fully saturated rings. The van der Waals surface area contributed by atoms with E-state index in [1.165, 1.54) is 6.42 Å². The van der Waals surface area contributed by atoms with Crippen LogP contribution in [0.5, 0.6) is 0 Å². The number of methoxy groups -OCH3 is 1. The van der Waals surface area contributed by atoms with Crippen molar-refractivity contribution in [2.45, 2.75) is 24.9 Å². The SMILES string of the molecule is COC1(CN=C(N)N=C(N)N)CCC1. The summed E-state index contributed by atoms with van der Waals surface area (Å²) in [4.78, 5) is 7.67. The normalized spacial score (nSPS) is 19.9. The van der Waals surface area contributed by atoms with Gasteiger partial charge in [-0.3, -0.25) is 0 Å². The van der Waals surface area contributed by atoms with Crippen LogP contribution in [0.4, 0.5) is 0 Å². The third-order valence-corrected chi connectivity index (χ3v) is 2.47. The van der Waals surface area contributed by atoms with Crippen LogP contribution in [0.2, 0.25) is 0 Å². The van der Waals surface area contributed by atoms with E-state index in [1.54, 1.807) is 7.11 Å². The maximum Gasteiger partial charge on any atom is 0.218 e. The number of guanidine groups is 2. The first-order valence-electron chi connectivity index (χ1n) is 4.53. The molecule has 6 N–H and O–H groups in total. The average molecular weight is 199 g/mol. The summed E-state index contributed by atoms with van der Waals surface area (Å²) in [5, 5.41) is 0. The van der Waals surface area contributed by atoms with Gasteiger partial charge in [0.05, 0.1) is 12.1 Å². The minimum absolute atomic E-state index is 0.0775. The van der Waals surface area contributed by atoms with E-state index < -0.39 is 0 Å². The second-order valence-corrected chi connectivity index (χ2v) is 3.45. The van der Waals surface area contributed by atoms with Gasteiger partial charge in [0, 0.05) is 7.11 Å². The summed E-state index contributed by atoms with van der Waals surface area (Å²) in [5.41, 5.74) is 15.6. The van der Waals surface area contributed by atoms with Crippen LogP contribution in [0.1, 0.15) is 19.3 Å². The molecule has 0 unspecified atom stereocenters. The van der Waals surface area contributed by atoms with Crippen molar-refractivity contribution in [3.63, 3.8) is 0 Å². The zero-order valence-electron chi connectivity index (χ0n) is 8.36. The van der Waals surface area contributed by atoms with Crippen molar-refractivity contribution in [2.75, 3.05) is 13.7 Å². The molecule has 1 rings (SSSR count). The van der Waals surface area contributed by atoms with Gasteiger partial charge in [-0.2, -0.15) is 4.99 Å². The van der Waals surface area contributed by atoms with Gasteiger partial charge < -0.3 is 21.9 Å². The van der Waals surface area contributed by atoms with Gasteiger partial charge >= 0.3 is 0 Å². The Kier molecular flexibility index (Phi) is 3.29. The maximum absolute atomic E-state index is 5.46. The van der Waals surface area contributed by atoms with Crippen LogP contribution < -0.4 is 17.2 Å². The van der Waals surface area contributed by atoms with Crippen LogP contribution in [0, 0.1) is 0 Å². The standard InChI is InChI=1S/C8H17N5O/c1-14-8(3-2-4-8)5-12-7(11)13-6(9)10/h2-5H2,1H3,(H6,9,10,11,12,13). The van der Waals surface area contributed by atoms with Crippen LogP contribution in [0.15, 0.2) is 9.98 Å². The van der Waals surface area contributed by atoms with Gasteiger partial charge in [-0.25, -0.2) is 4.99 Å². The molecule has 0 radical (unpaired) electrons. The van der Waals surface area contributed by atoms with Crippen molar-refractivity contribution >= 4 is 11.9 Å². The van der Waals surface area contributed by atoms with Gasteiger partial charge in [0.25, 0.3) is 0 Å². The summed E-state index contributed by atoms with van der Waals surface area (Å²) in [7, 11) is 1.69. The first-order valence-corrected chi connectivity index (χ1v) is 4.53. The topological polar surface area (TPSA) is 112 Å². The molecule has 0 aromatic carbocycles. The Balaban J connectivity index is 2.49. The zero-order valence-corrected chi connectivity index (χ0v) is 8.36. The Morgan fingerprint density at radius 3 is 2.36 bits per heavy atom. The molecule has 14 heavy (non-hydrogen) atoms. The molecule has 6 nitrogen and oxygen atoms in total. The van der Waals surface area contributed by atoms with E-state index in [0.717, 1.165) is 12.8 Å². The molecule has 0 bridgehead atoms. The quantitative estimate of drug-likeness (QED) is 0.405. The van der Waals surface area contributed by atoms with Crippen LogP contribution in [0.3, 0.4) is 0 Å². The molecular weight excluding hydrogens is 182 g/mol. The predicted molar refractivity (Wildman–Crippen MR) is 55.9 cm³/mol. The summed E-state index contributed by atoms with van der Waals surface area (Å²) in [6, 6.07) is 0. The number of hydrogen-bond donors (Lipinski definition) is 3. The highest BCUT2D eigenvalue weighted by Gasteiger charge is 2.36. The minimum atomic E-state index is -0.135. The first-order chi connectivity index (χ1) is 6.58. The van der Waals surface area contributed by atoms with Crippen molar-refractivity contribution in [3.8, 4) is 0 Å². The van der Waals surface area contributed by atoms with Gasteiger partial charge in [0.15, 0.2) is 5.96 Å². The fourth-order valence-corrected chi connectivity index (χ4v) is 1.39. The number of aliphatic imine (C=N–C) groups is 2. The molecule has 0 atom stereocenters. The van der Waals surface area contributed by atoms with E-state index in [0.29, 0.717) is 6.54 Å². The Morgan fingerprint density at radius 1 is 1.36 bits per heavy atom. The third-order valence-electron chi connectivity index (χ3n) is 2.47. The summed E-state index contributed by atoms with van der Waals surface area (Å²) in [5.74, 6) is 0.0275. The number of ether oxygens (including phenoxy) is 1. The number of rotatable bonds is 3. The van der Waals surface area contributed by atoms with Crippen molar-refractivity contribution in [2.24, 2.45) is 27.2 Å². The number of nitrogens with two attached hydrogens (primary N) is 3. The molecule has 80 valence electrons. The van der Waals surface area contributed by atoms with E-state index in [2.05, 4.69) is 9.98 Å². The Bertz CT molecular complexity index is 247. The molecule has 1 aliphatic carbocycles. The van der Waals surface area contributed by atoms with Gasteiger partial charge in [0.1, 0.15) is 0 Å². The zero-order chi connectivity index (χ0) is 10.6. The number of nitrogens with zero attached hydrogens (tertiary/aromatic N) is 2. The molecule has 0 aliphatic heterocycles. The van der Waals surface area contributed by atoms with Crippen LogP contribution in [-0.2, 0) is 4.74 Å². The van der Waals surface area contributed by atoms with Crippen molar-refractivity contribution in [3.05, 3.63) is 0 Å². The second kappa shape index (κ2) is 4.28. The van der Waals surface area contributed by atoms with Crippen molar-refractivity contribution < 1.29 is 4.74 Å². The summed E-state index contributed by atoms with van der Waals surface area (Å²) in [6.45, 7) is 0.520. The van der Waals surface area contributed by atoms with Gasteiger partial charge in [-0.15, -0.1) is 0 Å². The van der Waals surface area contributed by atoms with Crippen LogP contribution in [-0.4, -0.2) is 31.2 Å². The fraction of sp³-hybridized carbons (Fsp3) is 0.750. The Labute approximate surface area is 83.2 Å². The van der Waals surface area contributed by atoms with Crippen LogP contribution in [0.25, 0.3) is 0 Å². The van der Waals surface area contributed by atoms with Gasteiger partial charge in [0.2, 0.25) is 5.96 Å². The lowest BCUT2D eigenvalue weighted by Crippen LogP contribution is -2.42. The molecular formula is C8H17N5O. The Morgan fingerprint density at radius 2 is 2.00 bits per heavy atom. The molecule has 0 aromatic rings. The summed E-state index contributed by atoms with van der Waals surface area (Å²) < 4.78 is 5.36. The van der Waals surface area contributed by atoms with Gasteiger partial charge in [-0.1, -0.05) is 0 Å². The smallest absolute Gasteiger partial charge is 0.218 e. The largest absolute Gasteiger partial charge is 0.376 e. The molecule has 1 saturated carbocycles. The highest BCUT2D eigenvalue weighted by atomic mass is 16.5. The lowest BCUT2D eigenvalue weighted by atomic mass is 9.80. The molecule has 6 heteroatoms. The molecule has 0 amide bonds. The number of hydrogen-bond acceptors (Lipinski definition) is 2. The average Bonchev–Trinajstić information content (AvgIpc) is 2.01. The molecule has 0 heterocycles. The molecule has 0 saturated heterocycles. The van der Waals surface area contributed by atoms with Gasteiger partial charge in [-0.05, 0) is 19.3 Å². The van der Waals surface area contributed by atoms with E-state index in [4.69, 9.17) is 21.9 Å². The maximum atomic E-state index is 5.46. The lowest BCUT2D eigenvalue weighted by molar-refractivity contribution is -0.0629. The molecule has 1 aliphatic rings. The van der Waals surface area contributed by atoms with E-state index in [1.807, 2.05) is 0 Å². The molecule has 0 spiro atoms. The van der Waals surface area contributed by atoms with E-state index in [9.17, 15) is 0 Å². The second-order valence-electron chi connectivity index (χ2n) is 3.45. The Hall–Kier alpha value is -1.30. The van der Waals surface area contributed by atoms with Crippen LogP contribution >= 0.6 is 0 Å². The first kappa shape index (κ1) is 10.8. The highest BCUT2D eigenvalue weighted by Crippen LogP contribution is 2.35. The predicted octanol–water partition coefficient (Wildman–Crippen LogP) is -0.856. The summed E-state index contributed by atoms with van der Waals surface area (Å²) >= 11 is 0.